The van der Waals surface area contributed by atoms with Crippen molar-refractivity contribution in [3.63, 3.8) is 0 Å². The minimum absolute atomic E-state index is 0. The molecule has 0 aliphatic rings. The van der Waals surface area contributed by atoms with Crippen LogP contribution >= 0.6 is 12.4 Å². The summed E-state index contributed by atoms with van der Waals surface area (Å²) in [4.78, 5) is 10.2. The summed E-state index contributed by atoms with van der Waals surface area (Å²) in [6.07, 6.45) is 0. The van der Waals surface area contributed by atoms with Gasteiger partial charge in [0.15, 0.2) is 0 Å². The molecule has 0 heterocycles. The van der Waals surface area contributed by atoms with Crippen molar-refractivity contribution in [1.82, 2.24) is 5.32 Å². The van der Waals surface area contributed by atoms with E-state index in [2.05, 4.69) is 5.32 Å². The molecule has 0 aliphatic carbocycles. The van der Waals surface area contributed by atoms with Crippen LogP contribution in [0.2, 0.25) is 0 Å². The SMILES string of the molecule is CNC.Cl.O=C(O)c1ccccc1. The lowest BCUT2D eigenvalue weighted by Gasteiger charge is -1.88. The molecule has 13 heavy (non-hydrogen) atoms. The van der Waals surface area contributed by atoms with Gasteiger partial charge in [0.1, 0.15) is 0 Å². The molecule has 0 fully saturated rings. The summed E-state index contributed by atoms with van der Waals surface area (Å²) < 4.78 is 0. The van der Waals surface area contributed by atoms with Crippen molar-refractivity contribution < 1.29 is 9.90 Å². The first-order chi connectivity index (χ1) is 5.72. The first kappa shape index (κ1) is 14.5. The van der Waals surface area contributed by atoms with E-state index in [-0.39, 0.29) is 12.4 Å². The number of benzene rings is 1. The fourth-order valence-electron chi connectivity index (χ4n) is 0.581. The van der Waals surface area contributed by atoms with Gasteiger partial charge in [-0.25, -0.2) is 4.79 Å². The summed E-state index contributed by atoms with van der Waals surface area (Å²) >= 11 is 0. The number of hydrogen-bond acceptors (Lipinski definition) is 2. The molecular formula is C9H14ClNO2. The van der Waals surface area contributed by atoms with Gasteiger partial charge in [-0.1, -0.05) is 18.2 Å². The molecule has 0 bridgehead atoms. The van der Waals surface area contributed by atoms with E-state index in [0.29, 0.717) is 5.56 Å². The second-order valence-electron chi connectivity index (χ2n) is 2.17. The number of nitrogens with one attached hydrogen (secondary N) is 1. The second kappa shape index (κ2) is 9.03. The van der Waals surface area contributed by atoms with Crippen LogP contribution in [0.25, 0.3) is 0 Å². The summed E-state index contributed by atoms with van der Waals surface area (Å²) in [7, 11) is 3.75. The van der Waals surface area contributed by atoms with Crippen LogP contribution in [0.1, 0.15) is 10.4 Å². The van der Waals surface area contributed by atoms with E-state index in [0.717, 1.165) is 0 Å². The van der Waals surface area contributed by atoms with Gasteiger partial charge in [0.2, 0.25) is 0 Å². The summed E-state index contributed by atoms with van der Waals surface area (Å²) in [5, 5.41) is 11.1. The molecule has 1 aromatic carbocycles. The fourth-order valence-corrected chi connectivity index (χ4v) is 0.581. The topological polar surface area (TPSA) is 49.3 Å². The lowest BCUT2D eigenvalue weighted by Crippen LogP contribution is -1.93. The van der Waals surface area contributed by atoms with Crippen molar-refractivity contribution in [2.45, 2.75) is 0 Å². The van der Waals surface area contributed by atoms with E-state index in [4.69, 9.17) is 5.11 Å². The number of carboxylic acid groups (broad SMARTS) is 1. The Morgan fingerprint density at radius 2 is 1.62 bits per heavy atom. The molecule has 0 radical (unpaired) electrons. The Bertz CT molecular complexity index is 226. The molecule has 0 atom stereocenters. The van der Waals surface area contributed by atoms with Gasteiger partial charge < -0.3 is 10.4 Å². The Kier molecular flexibility index (Phi) is 10.0. The van der Waals surface area contributed by atoms with Gasteiger partial charge in [0, 0.05) is 0 Å². The van der Waals surface area contributed by atoms with Crippen molar-refractivity contribution in [2.24, 2.45) is 0 Å². The smallest absolute Gasteiger partial charge is 0.335 e. The summed E-state index contributed by atoms with van der Waals surface area (Å²) in [5.41, 5.74) is 0.331. The number of carboxylic acids is 1. The highest BCUT2D eigenvalue weighted by Gasteiger charge is 1.96. The van der Waals surface area contributed by atoms with Crippen LogP contribution in [0, 0.1) is 0 Å². The van der Waals surface area contributed by atoms with E-state index >= 15 is 0 Å². The molecule has 0 spiro atoms. The number of hydrogen-bond donors (Lipinski definition) is 2. The Morgan fingerprint density at radius 3 is 1.85 bits per heavy atom. The monoisotopic (exact) mass is 203 g/mol. The Hall–Kier alpha value is -1.06. The third kappa shape index (κ3) is 7.31. The predicted molar refractivity (Wildman–Crippen MR) is 55.6 cm³/mol. The standard InChI is InChI=1S/C7H6O2.C2H7N.ClH/c8-7(9)6-4-2-1-3-5-6;1-3-2;/h1-5H,(H,8,9);3H,1-2H3;1H. The summed E-state index contributed by atoms with van der Waals surface area (Å²) in [6.45, 7) is 0. The van der Waals surface area contributed by atoms with Gasteiger partial charge in [-0.3, -0.25) is 0 Å². The fraction of sp³-hybridized carbons (Fsp3) is 0.222. The van der Waals surface area contributed by atoms with Gasteiger partial charge in [-0.15, -0.1) is 12.4 Å². The van der Waals surface area contributed by atoms with Crippen molar-refractivity contribution >= 4 is 18.4 Å². The number of rotatable bonds is 1. The van der Waals surface area contributed by atoms with Crippen LogP contribution in [-0.4, -0.2) is 25.2 Å². The largest absolute Gasteiger partial charge is 0.478 e. The van der Waals surface area contributed by atoms with E-state index in [1.165, 1.54) is 0 Å². The molecule has 0 saturated heterocycles. The zero-order chi connectivity index (χ0) is 9.40. The van der Waals surface area contributed by atoms with Gasteiger partial charge >= 0.3 is 5.97 Å². The number of aromatic carboxylic acids is 1. The van der Waals surface area contributed by atoms with Crippen LogP contribution < -0.4 is 5.32 Å². The molecule has 2 N–H and O–H groups in total. The van der Waals surface area contributed by atoms with E-state index in [1.54, 1.807) is 30.3 Å². The molecular weight excluding hydrogens is 190 g/mol. The van der Waals surface area contributed by atoms with Crippen LogP contribution in [0.15, 0.2) is 30.3 Å². The predicted octanol–water partition coefficient (Wildman–Crippen LogP) is 1.64. The van der Waals surface area contributed by atoms with Crippen molar-refractivity contribution in [1.29, 1.82) is 0 Å². The Labute approximate surface area is 84.2 Å². The number of halogens is 1. The highest BCUT2D eigenvalue weighted by atomic mass is 35.5. The van der Waals surface area contributed by atoms with Crippen molar-refractivity contribution in [3.8, 4) is 0 Å². The summed E-state index contributed by atoms with van der Waals surface area (Å²) in [6, 6.07) is 8.30. The average Bonchev–Trinajstić information content (AvgIpc) is 2.07. The van der Waals surface area contributed by atoms with E-state index < -0.39 is 5.97 Å². The van der Waals surface area contributed by atoms with Gasteiger partial charge in [-0.05, 0) is 26.2 Å². The molecule has 4 heteroatoms. The maximum atomic E-state index is 10.2. The highest BCUT2D eigenvalue weighted by molar-refractivity contribution is 5.87. The first-order valence-corrected chi connectivity index (χ1v) is 3.59. The first-order valence-electron chi connectivity index (χ1n) is 3.59. The molecule has 74 valence electrons. The van der Waals surface area contributed by atoms with Crippen LogP contribution in [-0.2, 0) is 0 Å². The molecule has 1 aromatic rings. The lowest BCUT2D eigenvalue weighted by atomic mass is 10.2. The molecule has 0 saturated carbocycles. The van der Waals surface area contributed by atoms with Crippen LogP contribution in [0.4, 0.5) is 0 Å². The zero-order valence-electron chi connectivity index (χ0n) is 7.65. The molecule has 0 aromatic heterocycles. The molecule has 0 amide bonds. The van der Waals surface area contributed by atoms with Crippen LogP contribution in [0.3, 0.4) is 0 Å². The lowest BCUT2D eigenvalue weighted by molar-refractivity contribution is 0.0697. The van der Waals surface area contributed by atoms with Crippen molar-refractivity contribution in [3.05, 3.63) is 35.9 Å². The Morgan fingerprint density at radius 1 is 1.23 bits per heavy atom. The molecule has 1 rings (SSSR count). The third-order valence-corrected chi connectivity index (χ3v) is 1.02. The minimum atomic E-state index is -0.879. The van der Waals surface area contributed by atoms with E-state index in [9.17, 15) is 4.79 Å². The molecule has 0 unspecified atom stereocenters. The van der Waals surface area contributed by atoms with Crippen molar-refractivity contribution in [2.75, 3.05) is 14.1 Å². The normalized spacial score (nSPS) is 7.54. The molecule has 3 nitrogen and oxygen atoms in total. The minimum Gasteiger partial charge on any atom is -0.478 e. The maximum absolute atomic E-state index is 10.2. The summed E-state index contributed by atoms with van der Waals surface area (Å²) in [5.74, 6) is -0.879. The van der Waals surface area contributed by atoms with E-state index in [1.807, 2.05) is 14.1 Å². The highest BCUT2D eigenvalue weighted by Crippen LogP contribution is 1.96. The zero-order valence-corrected chi connectivity index (χ0v) is 8.47. The maximum Gasteiger partial charge on any atom is 0.335 e. The Balaban J connectivity index is 0. The van der Waals surface area contributed by atoms with Gasteiger partial charge in [0.25, 0.3) is 0 Å². The van der Waals surface area contributed by atoms with Gasteiger partial charge in [-0.2, -0.15) is 0 Å². The third-order valence-electron chi connectivity index (χ3n) is 1.02. The quantitative estimate of drug-likeness (QED) is 0.730. The average molecular weight is 204 g/mol. The van der Waals surface area contributed by atoms with Crippen LogP contribution in [0.5, 0.6) is 0 Å². The molecule has 0 aliphatic heterocycles. The second-order valence-corrected chi connectivity index (χ2v) is 2.17. The number of carbonyl (C=O) groups is 1. The van der Waals surface area contributed by atoms with Gasteiger partial charge in [0.05, 0.1) is 5.56 Å².